The molecule has 1 aliphatic carbocycles. The molecule has 1 saturated carbocycles. The molecule has 1 fully saturated rings. The van der Waals surface area contributed by atoms with E-state index in [2.05, 4.69) is 12.0 Å². The minimum atomic E-state index is -0.401. The molecular formula is C15H25N3O4. The van der Waals surface area contributed by atoms with Gasteiger partial charge in [-0.15, -0.1) is 5.10 Å². The third kappa shape index (κ3) is 3.58. The van der Waals surface area contributed by atoms with Crippen molar-refractivity contribution in [2.45, 2.75) is 58.4 Å². The van der Waals surface area contributed by atoms with Crippen LogP contribution >= 0.6 is 0 Å². The Morgan fingerprint density at radius 3 is 2.64 bits per heavy atom. The van der Waals surface area contributed by atoms with E-state index in [0.29, 0.717) is 24.5 Å². The lowest BCUT2D eigenvalue weighted by molar-refractivity contribution is -0.386. The maximum Gasteiger partial charge on any atom is 0.353 e. The molecule has 22 heavy (non-hydrogen) atoms. The first-order chi connectivity index (χ1) is 10.6. The molecule has 124 valence electrons. The van der Waals surface area contributed by atoms with Gasteiger partial charge in [-0.25, -0.2) is 0 Å². The lowest BCUT2D eigenvalue weighted by Crippen LogP contribution is -2.19. The first-order valence-corrected chi connectivity index (χ1v) is 8.07. The summed E-state index contributed by atoms with van der Waals surface area (Å²) >= 11 is 0. The van der Waals surface area contributed by atoms with Gasteiger partial charge in [0.05, 0.1) is 17.6 Å². The molecule has 0 saturated heterocycles. The van der Waals surface area contributed by atoms with Crippen LogP contribution in [0.3, 0.4) is 0 Å². The smallest absolute Gasteiger partial charge is 0.353 e. The van der Waals surface area contributed by atoms with Crippen molar-refractivity contribution >= 4 is 5.69 Å². The van der Waals surface area contributed by atoms with Crippen LogP contribution in [0.2, 0.25) is 0 Å². The molecule has 1 aromatic heterocycles. The lowest BCUT2D eigenvalue weighted by atomic mass is 9.87. The normalized spacial score (nSPS) is 21.8. The molecule has 1 aliphatic rings. The average Bonchev–Trinajstić information content (AvgIpc) is 2.87. The van der Waals surface area contributed by atoms with Crippen molar-refractivity contribution in [3.05, 3.63) is 15.8 Å². The molecule has 1 heterocycles. The summed E-state index contributed by atoms with van der Waals surface area (Å²) in [5.41, 5.74) is 0.627. The zero-order valence-electron chi connectivity index (χ0n) is 13.3. The van der Waals surface area contributed by atoms with E-state index >= 15 is 0 Å². The Balaban J connectivity index is 2.28. The molecule has 0 unspecified atom stereocenters. The molecule has 0 bridgehead atoms. The summed E-state index contributed by atoms with van der Waals surface area (Å²) in [4.78, 5) is 11.0. The van der Waals surface area contributed by atoms with E-state index in [-0.39, 0.29) is 30.8 Å². The third-order valence-corrected chi connectivity index (χ3v) is 4.34. The van der Waals surface area contributed by atoms with E-state index in [0.717, 1.165) is 25.7 Å². The molecule has 0 atom stereocenters. The molecule has 0 aliphatic heterocycles. The van der Waals surface area contributed by atoms with E-state index in [1.165, 1.54) is 0 Å². The van der Waals surface area contributed by atoms with Crippen molar-refractivity contribution in [1.82, 2.24) is 9.78 Å². The van der Waals surface area contributed by atoms with Gasteiger partial charge in [0.1, 0.15) is 5.69 Å². The third-order valence-electron chi connectivity index (χ3n) is 4.34. The van der Waals surface area contributed by atoms with Crippen molar-refractivity contribution < 1.29 is 14.8 Å². The van der Waals surface area contributed by atoms with Gasteiger partial charge >= 0.3 is 11.6 Å². The van der Waals surface area contributed by atoms with Crippen LogP contribution in [0.25, 0.3) is 0 Å². The largest absolute Gasteiger partial charge is 0.472 e. The predicted octanol–water partition coefficient (Wildman–Crippen LogP) is 2.87. The molecule has 2 rings (SSSR count). The summed E-state index contributed by atoms with van der Waals surface area (Å²) in [7, 11) is 0. The minimum Gasteiger partial charge on any atom is -0.472 e. The summed E-state index contributed by atoms with van der Waals surface area (Å²) in [5, 5.41) is 24.6. The number of rotatable bonds is 7. The Hall–Kier alpha value is -1.63. The van der Waals surface area contributed by atoms with E-state index in [9.17, 15) is 10.1 Å². The topological polar surface area (TPSA) is 90.4 Å². The van der Waals surface area contributed by atoms with Gasteiger partial charge in [-0.1, -0.05) is 13.8 Å². The Kier molecular flexibility index (Phi) is 5.76. The van der Waals surface area contributed by atoms with Gasteiger partial charge in [-0.2, -0.15) is 0 Å². The summed E-state index contributed by atoms with van der Waals surface area (Å²) in [6.45, 7) is 4.38. The second-order valence-electron chi connectivity index (χ2n) is 6.00. The van der Waals surface area contributed by atoms with Crippen LogP contribution in [0.4, 0.5) is 5.69 Å². The highest BCUT2D eigenvalue weighted by atomic mass is 16.6. The molecule has 7 heteroatoms. The predicted molar refractivity (Wildman–Crippen MR) is 82.1 cm³/mol. The molecule has 0 amide bonds. The molecule has 0 spiro atoms. The summed E-state index contributed by atoms with van der Waals surface area (Å²) in [5.74, 6) is 0.807. The zero-order chi connectivity index (χ0) is 16.1. The zero-order valence-corrected chi connectivity index (χ0v) is 13.3. The number of aliphatic hydroxyl groups is 1. The Morgan fingerprint density at radius 1 is 1.41 bits per heavy atom. The number of hydrogen-bond acceptors (Lipinski definition) is 5. The standard InChI is InChI=1S/C15H25N3O4/c1-3-13-14(18(20)21)15(22-10-4-9-19)16-17(13)12-7-5-11(2)6-8-12/h11-12,19H,3-10H2,1-2H3/t11-,12-. The first kappa shape index (κ1) is 16.7. The average molecular weight is 311 g/mol. The fourth-order valence-electron chi connectivity index (χ4n) is 3.07. The van der Waals surface area contributed by atoms with E-state index < -0.39 is 4.92 Å². The van der Waals surface area contributed by atoms with Crippen molar-refractivity contribution in [2.75, 3.05) is 13.2 Å². The van der Waals surface area contributed by atoms with Gasteiger partial charge in [0.2, 0.25) is 0 Å². The van der Waals surface area contributed by atoms with Crippen molar-refractivity contribution in [3.63, 3.8) is 0 Å². The van der Waals surface area contributed by atoms with Gasteiger partial charge in [0, 0.05) is 13.0 Å². The Morgan fingerprint density at radius 2 is 2.09 bits per heavy atom. The highest BCUT2D eigenvalue weighted by Crippen LogP contribution is 2.38. The molecule has 1 N–H and O–H groups in total. The van der Waals surface area contributed by atoms with Crippen LogP contribution < -0.4 is 4.74 Å². The second kappa shape index (κ2) is 7.58. The minimum absolute atomic E-state index is 0.00431. The van der Waals surface area contributed by atoms with Crippen LogP contribution in [0.1, 0.15) is 57.7 Å². The second-order valence-corrected chi connectivity index (χ2v) is 6.00. The van der Waals surface area contributed by atoms with Gasteiger partial charge in [0.25, 0.3) is 0 Å². The summed E-state index contributed by atoms with van der Waals surface area (Å²) in [6.07, 6.45) is 5.25. The lowest BCUT2D eigenvalue weighted by Gasteiger charge is -2.27. The van der Waals surface area contributed by atoms with E-state index in [1.807, 2.05) is 11.6 Å². The van der Waals surface area contributed by atoms with Crippen molar-refractivity contribution in [3.8, 4) is 5.88 Å². The monoisotopic (exact) mass is 311 g/mol. The van der Waals surface area contributed by atoms with Crippen LogP contribution in [-0.4, -0.2) is 33.0 Å². The van der Waals surface area contributed by atoms with Crippen LogP contribution in [-0.2, 0) is 6.42 Å². The molecule has 7 nitrogen and oxygen atoms in total. The maximum atomic E-state index is 11.4. The first-order valence-electron chi connectivity index (χ1n) is 8.07. The number of aliphatic hydroxyl groups excluding tert-OH is 1. The highest BCUT2D eigenvalue weighted by molar-refractivity contribution is 5.46. The van der Waals surface area contributed by atoms with Crippen molar-refractivity contribution in [1.29, 1.82) is 0 Å². The maximum absolute atomic E-state index is 11.4. The Bertz CT molecular complexity index is 507. The number of ether oxygens (including phenoxy) is 1. The van der Waals surface area contributed by atoms with E-state index in [4.69, 9.17) is 9.84 Å². The van der Waals surface area contributed by atoms with Crippen molar-refractivity contribution in [2.24, 2.45) is 5.92 Å². The fraction of sp³-hybridized carbons (Fsp3) is 0.800. The van der Waals surface area contributed by atoms with E-state index in [1.54, 1.807) is 0 Å². The highest BCUT2D eigenvalue weighted by Gasteiger charge is 2.32. The Labute approximate surface area is 130 Å². The SMILES string of the molecule is CCc1c([N+](=O)[O-])c(OCCCO)nn1[C@H]1CC[C@H](C)CC1. The summed E-state index contributed by atoms with van der Waals surface area (Å²) in [6, 6.07) is 0.222. The molecular weight excluding hydrogens is 286 g/mol. The van der Waals surface area contributed by atoms with Crippen LogP contribution in [0.5, 0.6) is 5.88 Å². The van der Waals surface area contributed by atoms with Gasteiger partial charge in [-0.3, -0.25) is 14.8 Å². The van der Waals surface area contributed by atoms with Crippen LogP contribution in [0.15, 0.2) is 0 Å². The fourth-order valence-corrected chi connectivity index (χ4v) is 3.07. The number of hydrogen-bond donors (Lipinski definition) is 1. The quantitative estimate of drug-likeness (QED) is 0.475. The molecule has 0 radical (unpaired) electrons. The van der Waals surface area contributed by atoms with Gasteiger partial charge in [0.15, 0.2) is 0 Å². The molecule has 1 aromatic rings. The summed E-state index contributed by atoms with van der Waals surface area (Å²) < 4.78 is 7.26. The van der Waals surface area contributed by atoms with Gasteiger partial charge in [-0.05, 0) is 38.0 Å². The molecule has 0 aromatic carbocycles. The number of nitrogens with zero attached hydrogens (tertiary/aromatic N) is 3. The number of nitro groups is 1. The van der Waals surface area contributed by atoms with Crippen LogP contribution in [0, 0.1) is 16.0 Å². The van der Waals surface area contributed by atoms with Gasteiger partial charge < -0.3 is 9.84 Å². The number of aromatic nitrogens is 2.